The highest BCUT2D eigenvalue weighted by Crippen LogP contribution is 2.47. The standard InChI is InChI=1S/C26H27Cl2FN2O5/c27-16-2-6-20-15(11-16)1-5-21(36-20)24(34)31-26-9-7-25(8-10-26,13-22(26)32)30-23(33)14-35-17-3-4-18(28)19(29)12-17/h2-4,6,11-12,21-22,32H,1,5,7-10,13-14H2,(H,30,33)(H,31,34)/t21?,22-,25?,26?/m0/s1. The van der Waals surface area contributed by atoms with E-state index >= 15 is 0 Å². The number of halogens is 3. The van der Waals surface area contributed by atoms with Crippen molar-refractivity contribution in [3.05, 3.63) is 57.8 Å². The first-order valence-electron chi connectivity index (χ1n) is 12.0. The van der Waals surface area contributed by atoms with Crippen molar-refractivity contribution in [2.75, 3.05) is 6.61 Å². The molecule has 1 unspecified atom stereocenters. The number of amides is 2. The summed E-state index contributed by atoms with van der Waals surface area (Å²) >= 11 is 11.7. The lowest BCUT2D eigenvalue weighted by Gasteiger charge is -2.56. The number of carbonyl (C=O) groups excluding carboxylic acids is 2. The molecule has 4 aliphatic rings. The Balaban J connectivity index is 1.16. The van der Waals surface area contributed by atoms with E-state index in [0.717, 1.165) is 11.6 Å². The number of aliphatic hydroxyl groups is 1. The predicted molar refractivity (Wildman–Crippen MR) is 132 cm³/mol. The van der Waals surface area contributed by atoms with Gasteiger partial charge in [-0.3, -0.25) is 9.59 Å². The second-order valence-electron chi connectivity index (χ2n) is 9.96. The second-order valence-corrected chi connectivity index (χ2v) is 10.8. The van der Waals surface area contributed by atoms with Crippen molar-refractivity contribution in [1.82, 2.24) is 10.6 Å². The molecule has 7 nitrogen and oxygen atoms in total. The molecule has 10 heteroatoms. The van der Waals surface area contributed by atoms with Crippen LogP contribution in [-0.2, 0) is 16.0 Å². The highest BCUT2D eigenvalue weighted by molar-refractivity contribution is 6.31. The first kappa shape index (κ1) is 25.1. The van der Waals surface area contributed by atoms with Crippen molar-refractivity contribution < 1.29 is 28.6 Å². The molecule has 0 saturated heterocycles. The van der Waals surface area contributed by atoms with Crippen molar-refractivity contribution in [3.63, 3.8) is 0 Å². The number of nitrogens with one attached hydrogen (secondary N) is 2. The van der Waals surface area contributed by atoms with Crippen molar-refractivity contribution >= 4 is 35.0 Å². The average molecular weight is 537 g/mol. The molecule has 3 N–H and O–H groups in total. The van der Waals surface area contributed by atoms with Gasteiger partial charge in [0.15, 0.2) is 12.7 Å². The highest BCUT2D eigenvalue weighted by Gasteiger charge is 2.55. The van der Waals surface area contributed by atoms with E-state index in [1.807, 2.05) is 6.07 Å². The Morgan fingerprint density at radius 2 is 1.89 bits per heavy atom. The van der Waals surface area contributed by atoms with E-state index in [1.165, 1.54) is 12.1 Å². The van der Waals surface area contributed by atoms with Crippen LogP contribution in [-0.4, -0.2) is 46.8 Å². The summed E-state index contributed by atoms with van der Waals surface area (Å²) in [6, 6.07) is 9.33. The van der Waals surface area contributed by atoms with Crippen LogP contribution in [0.5, 0.6) is 11.5 Å². The van der Waals surface area contributed by atoms with Crippen LogP contribution in [0.1, 0.15) is 44.1 Å². The molecule has 1 aliphatic heterocycles. The van der Waals surface area contributed by atoms with Gasteiger partial charge in [-0.25, -0.2) is 4.39 Å². The lowest BCUT2D eigenvalue weighted by atomic mass is 9.59. The van der Waals surface area contributed by atoms with Gasteiger partial charge in [0, 0.05) is 16.6 Å². The van der Waals surface area contributed by atoms with E-state index < -0.39 is 29.1 Å². The number of rotatable bonds is 6. The number of benzene rings is 2. The summed E-state index contributed by atoms with van der Waals surface area (Å²) in [5, 5.41) is 17.7. The molecule has 0 spiro atoms. The number of hydrogen-bond donors (Lipinski definition) is 3. The zero-order valence-electron chi connectivity index (χ0n) is 19.5. The van der Waals surface area contributed by atoms with Crippen LogP contribution in [0, 0.1) is 5.82 Å². The van der Waals surface area contributed by atoms with Gasteiger partial charge in [0.2, 0.25) is 0 Å². The summed E-state index contributed by atoms with van der Waals surface area (Å²) in [5.74, 6) is -0.362. The van der Waals surface area contributed by atoms with Crippen molar-refractivity contribution in [2.45, 2.75) is 68.2 Å². The minimum atomic E-state index is -0.815. The van der Waals surface area contributed by atoms with Crippen LogP contribution < -0.4 is 20.1 Å². The van der Waals surface area contributed by atoms with E-state index in [2.05, 4.69) is 10.6 Å². The Bertz CT molecular complexity index is 1180. The Morgan fingerprint density at radius 1 is 1.11 bits per heavy atom. The smallest absolute Gasteiger partial charge is 0.261 e. The van der Waals surface area contributed by atoms with Crippen LogP contribution in [0.15, 0.2) is 36.4 Å². The molecular formula is C26H27Cl2FN2O5. The third-order valence-electron chi connectivity index (χ3n) is 7.62. The fraction of sp³-hybridized carbons (Fsp3) is 0.462. The van der Waals surface area contributed by atoms with E-state index in [-0.39, 0.29) is 29.2 Å². The Hall–Kier alpha value is -2.55. The Labute approximate surface area is 218 Å². The second kappa shape index (κ2) is 9.72. The first-order valence-corrected chi connectivity index (χ1v) is 12.8. The lowest BCUT2D eigenvalue weighted by Crippen LogP contribution is -2.71. The fourth-order valence-corrected chi connectivity index (χ4v) is 5.89. The van der Waals surface area contributed by atoms with Crippen LogP contribution in [0.25, 0.3) is 0 Å². The molecule has 0 aromatic heterocycles. The number of ether oxygens (including phenoxy) is 2. The topological polar surface area (TPSA) is 96.9 Å². The van der Waals surface area contributed by atoms with Crippen molar-refractivity contribution in [3.8, 4) is 11.5 Å². The number of hydrogen-bond acceptors (Lipinski definition) is 5. The summed E-state index contributed by atoms with van der Waals surface area (Å²) in [6.45, 7) is -0.285. The summed E-state index contributed by atoms with van der Waals surface area (Å²) in [6.07, 6.45) is 2.36. The van der Waals surface area contributed by atoms with E-state index in [9.17, 15) is 19.1 Å². The molecule has 2 bridgehead atoms. The first-order chi connectivity index (χ1) is 17.2. The van der Waals surface area contributed by atoms with Crippen molar-refractivity contribution in [1.29, 1.82) is 0 Å². The van der Waals surface area contributed by atoms with E-state index in [4.69, 9.17) is 32.7 Å². The predicted octanol–water partition coefficient (Wildman–Crippen LogP) is 3.95. The maximum absolute atomic E-state index is 13.6. The van der Waals surface area contributed by atoms with Crippen LogP contribution in [0.4, 0.5) is 4.39 Å². The molecule has 3 saturated carbocycles. The molecule has 1 heterocycles. The van der Waals surface area contributed by atoms with Gasteiger partial charge in [0.25, 0.3) is 11.8 Å². The fourth-order valence-electron chi connectivity index (χ4n) is 5.58. The molecule has 6 rings (SSSR count). The number of aliphatic hydroxyl groups excluding tert-OH is 1. The van der Waals surface area contributed by atoms with Gasteiger partial charge in [-0.2, -0.15) is 0 Å². The quantitative estimate of drug-likeness (QED) is 0.519. The van der Waals surface area contributed by atoms with E-state index in [0.29, 0.717) is 55.7 Å². The summed E-state index contributed by atoms with van der Waals surface area (Å²) in [7, 11) is 0. The van der Waals surface area contributed by atoms with Gasteiger partial charge in [-0.1, -0.05) is 23.2 Å². The highest BCUT2D eigenvalue weighted by atomic mass is 35.5. The SMILES string of the molecule is O=C(COc1ccc(Cl)c(F)c1)NC12CCC(NC(=O)C3CCc4cc(Cl)ccc4O3)(CC1)[C@@H](O)C2. The third-order valence-corrected chi connectivity index (χ3v) is 8.16. The average Bonchev–Trinajstić information content (AvgIpc) is 2.85. The monoisotopic (exact) mass is 536 g/mol. The van der Waals surface area contributed by atoms with Gasteiger partial charge < -0.3 is 25.2 Å². The molecule has 3 fully saturated rings. The van der Waals surface area contributed by atoms with Gasteiger partial charge in [-0.15, -0.1) is 0 Å². The molecule has 36 heavy (non-hydrogen) atoms. The zero-order chi connectivity index (χ0) is 25.5. The third kappa shape index (κ3) is 4.99. The molecule has 2 atom stereocenters. The molecule has 192 valence electrons. The largest absolute Gasteiger partial charge is 0.484 e. The van der Waals surface area contributed by atoms with Crippen LogP contribution >= 0.6 is 23.2 Å². The number of aryl methyl sites for hydroxylation is 1. The minimum absolute atomic E-state index is 0.0237. The zero-order valence-corrected chi connectivity index (χ0v) is 21.0. The molecule has 2 amide bonds. The summed E-state index contributed by atoms with van der Waals surface area (Å²) in [4.78, 5) is 25.7. The van der Waals surface area contributed by atoms with Gasteiger partial charge in [-0.05, 0) is 80.8 Å². The normalized spacial score (nSPS) is 28.6. The van der Waals surface area contributed by atoms with Crippen LogP contribution in [0.3, 0.4) is 0 Å². The number of fused-ring (bicyclic) bond motifs is 4. The lowest BCUT2D eigenvalue weighted by molar-refractivity contribution is -0.140. The molecular weight excluding hydrogens is 510 g/mol. The van der Waals surface area contributed by atoms with Gasteiger partial charge in [0.05, 0.1) is 16.7 Å². The Kier molecular flexibility index (Phi) is 6.78. The van der Waals surface area contributed by atoms with Gasteiger partial charge >= 0.3 is 0 Å². The van der Waals surface area contributed by atoms with E-state index in [1.54, 1.807) is 12.1 Å². The maximum atomic E-state index is 13.6. The van der Waals surface area contributed by atoms with Crippen LogP contribution in [0.2, 0.25) is 10.0 Å². The summed E-state index contributed by atoms with van der Waals surface area (Å²) < 4.78 is 24.9. The Morgan fingerprint density at radius 3 is 2.61 bits per heavy atom. The number of carbonyl (C=O) groups is 2. The summed E-state index contributed by atoms with van der Waals surface area (Å²) in [5.41, 5.74) is -0.340. The van der Waals surface area contributed by atoms with Crippen molar-refractivity contribution in [2.24, 2.45) is 0 Å². The van der Waals surface area contributed by atoms with Gasteiger partial charge in [0.1, 0.15) is 17.3 Å². The maximum Gasteiger partial charge on any atom is 0.261 e. The molecule has 2 aromatic carbocycles. The molecule has 2 aromatic rings. The molecule has 3 aliphatic carbocycles. The molecule has 0 radical (unpaired) electrons. The minimum Gasteiger partial charge on any atom is -0.484 e.